The number of carbonyl (C=O) groups excluding carboxylic acids is 1. The van der Waals surface area contributed by atoms with Crippen LogP contribution in [0.2, 0.25) is 0 Å². The van der Waals surface area contributed by atoms with Crippen LogP contribution in [0, 0.1) is 0 Å². The van der Waals surface area contributed by atoms with Crippen molar-refractivity contribution in [2.24, 2.45) is 0 Å². The molecule has 20 heavy (non-hydrogen) atoms. The second kappa shape index (κ2) is 6.47. The van der Waals surface area contributed by atoms with Crippen molar-refractivity contribution in [2.45, 2.75) is 25.4 Å². The Kier molecular flexibility index (Phi) is 4.44. The number of hydrogen-bond donors (Lipinski definition) is 1. The first-order chi connectivity index (χ1) is 9.81. The molecule has 1 aliphatic heterocycles. The van der Waals surface area contributed by atoms with Gasteiger partial charge in [-0.25, -0.2) is 4.98 Å². The van der Waals surface area contributed by atoms with E-state index in [1.807, 2.05) is 22.9 Å². The summed E-state index contributed by atoms with van der Waals surface area (Å²) in [5.41, 5.74) is 0.836. The van der Waals surface area contributed by atoms with Gasteiger partial charge >= 0.3 is 0 Å². The summed E-state index contributed by atoms with van der Waals surface area (Å²) in [4.78, 5) is 17.5. The van der Waals surface area contributed by atoms with Gasteiger partial charge in [0.25, 0.3) is 0 Å². The SMILES string of the molecule is O=C(Cc1csc(-c2cccs2)n1)NC[C@H]1CCCO1. The molecule has 1 N–H and O–H groups in total. The molecule has 0 bridgehead atoms. The maximum absolute atomic E-state index is 11.9. The Bertz CT molecular complexity index is 560. The van der Waals surface area contributed by atoms with Crippen LogP contribution >= 0.6 is 22.7 Å². The highest BCUT2D eigenvalue weighted by Gasteiger charge is 2.16. The normalized spacial score (nSPS) is 18.3. The number of ether oxygens (including phenoxy) is 1. The van der Waals surface area contributed by atoms with Gasteiger partial charge in [0.15, 0.2) is 0 Å². The topological polar surface area (TPSA) is 51.2 Å². The van der Waals surface area contributed by atoms with E-state index in [0.29, 0.717) is 13.0 Å². The molecule has 0 radical (unpaired) electrons. The Balaban J connectivity index is 1.51. The highest BCUT2D eigenvalue weighted by Crippen LogP contribution is 2.27. The summed E-state index contributed by atoms with van der Waals surface area (Å²) in [7, 11) is 0. The van der Waals surface area contributed by atoms with Gasteiger partial charge in [0.1, 0.15) is 5.01 Å². The van der Waals surface area contributed by atoms with Crippen molar-refractivity contribution in [3.8, 4) is 9.88 Å². The number of amides is 1. The second-order valence-electron chi connectivity index (χ2n) is 4.74. The maximum Gasteiger partial charge on any atom is 0.226 e. The minimum atomic E-state index is 0.0172. The fraction of sp³-hybridized carbons (Fsp3) is 0.429. The molecule has 4 nitrogen and oxygen atoms in total. The summed E-state index contributed by atoms with van der Waals surface area (Å²) in [5, 5.41) is 7.90. The first-order valence-electron chi connectivity index (χ1n) is 6.68. The van der Waals surface area contributed by atoms with Crippen molar-refractivity contribution in [2.75, 3.05) is 13.2 Å². The third kappa shape index (κ3) is 3.45. The molecule has 1 fully saturated rings. The van der Waals surface area contributed by atoms with E-state index in [4.69, 9.17) is 4.74 Å². The predicted octanol–water partition coefficient (Wildman–Crippen LogP) is 2.71. The van der Waals surface area contributed by atoms with Crippen LogP contribution in [0.3, 0.4) is 0 Å². The van der Waals surface area contributed by atoms with Crippen molar-refractivity contribution in [3.05, 3.63) is 28.6 Å². The zero-order valence-corrected chi connectivity index (χ0v) is 12.6. The van der Waals surface area contributed by atoms with Crippen molar-refractivity contribution < 1.29 is 9.53 Å². The van der Waals surface area contributed by atoms with E-state index in [1.165, 1.54) is 0 Å². The quantitative estimate of drug-likeness (QED) is 0.924. The molecule has 0 saturated carbocycles. The summed E-state index contributed by atoms with van der Waals surface area (Å²) in [6.45, 7) is 1.43. The van der Waals surface area contributed by atoms with Crippen LogP contribution in [0.5, 0.6) is 0 Å². The van der Waals surface area contributed by atoms with Gasteiger partial charge in [-0.15, -0.1) is 22.7 Å². The van der Waals surface area contributed by atoms with Crippen LogP contribution in [-0.4, -0.2) is 30.1 Å². The smallest absolute Gasteiger partial charge is 0.226 e. The molecule has 106 valence electrons. The van der Waals surface area contributed by atoms with Gasteiger partial charge in [0.05, 0.1) is 23.1 Å². The third-order valence-corrected chi connectivity index (χ3v) is 5.11. The van der Waals surface area contributed by atoms with Crippen LogP contribution in [0.1, 0.15) is 18.5 Å². The Morgan fingerprint density at radius 1 is 1.50 bits per heavy atom. The molecule has 1 saturated heterocycles. The van der Waals surface area contributed by atoms with Crippen molar-refractivity contribution in [3.63, 3.8) is 0 Å². The predicted molar refractivity (Wildman–Crippen MR) is 81.1 cm³/mol. The average Bonchev–Trinajstić information content (AvgIpc) is 3.18. The largest absolute Gasteiger partial charge is 0.376 e. The number of hydrogen-bond acceptors (Lipinski definition) is 5. The van der Waals surface area contributed by atoms with Crippen LogP contribution < -0.4 is 5.32 Å². The molecule has 1 aliphatic rings. The average molecular weight is 308 g/mol. The summed E-state index contributed by atoms with van der Waals surface area (Å²) in [5.74, 6) is 0.0172. The number of thiazole rings is 1. The van der Waals surface area contributed by atoms with Gasteiger partial charge in [0.2, 0.25) is 5.91 Å². The van der Waals surface area contributed by atoms with Gasteiger partial charge in [-0.2, -0.15) is 0 Å². The van der Waals surface area contributed by atoms with E-state index < -0.39 is 0 Å². The molecule has 0 aromatic carbocycles. The molecule has 3 rings (SSSR count). The van der Waals surface area contributed by atoms with Gasteiger partial charge in [-0.05, 0) is 24.3 Å². The van der Waals surface area contributed by atoms with Gasteiger partial charge < -0.3 is 10.1 Å². The number of aromatic nitrogens is 1. The summed E-state index contributed by atoms with van der Waals surface area (Å²) in [6, 6.07) is 4.06. The Morgan fingerprint density at radius 3 is 3.20 bits per heavy atom. The lowest BCUT2D eigenvalue weighted by Crippen LogP contribution is -2.32. The third-order valence-electron chi connectivity index (χ3n) is 3.18. The number of rotatable bonds is 5. The maximum atomic E-state index is 11.9. The highest BCUT2D eigenvalue weighted by molar-refractivity contribution is 7.20. The van der Waals surface area contributed by atoms with Crippen LogP contribution in [0.4, 0.5) is 0 Å². The highest BCUT2D eigenvalue weighted by atomic mass is 32.1. The summed E-state index contributed by atoms with van der Waals surface area (Å²) in [6.07, 6.45) is 2.67. The lowest BCUT2D eigenvalue weighted by atomic mass is 10.2. The van der Waals surface area contributed by atoms with E-state index in [-0.39, 0.29) is 12.0 Å². The number of nitrogens with one attached hydrogen (secondary N) is 1. The molecule has 1 amide bonds. The van der Waals surface area contributed by atoms with Crippen molar-refractivity contribution in [1.29, 1.82) is 0 Å². The summed E-state index contributed by atoms with van der Waals surface area (Å²) < 4.78 is 5.48. The molecular weight excluding hydrogens is 292 g/mol. The van der Waals surface area contributed by atoms with Gasteiger partial charge in [-0.1, -0.05) is 6.07 Å². The molecule has 2 aromatic rings. The fourth-order valence-corrected chi connectivity index (χ4v) is 3.80. The first kappa shape index (κ1) is 13.7. The Morgan fingerprint density at radius 2 is 2.45 bits per heavy atom. The van der Waals surface area contributed by atoms with E-state index >= 15 is 0 Å². The molecule has 0 aliphatic carbocycles. The lowest BCUT2D eigenvalue weighted by Gasteiger charge is -2.09. The van der Waals surface area contributed by atoms with Gasteiger partial charge in [0, 0.05) is 18.5 Å². The van der Waals surface area contributed by atoms with E-state index in [0.717, 1.165) is 35.0 Å². The van der Waals surface area contributed by atoms with E-state index in [1.54, 1.807) is 22.7 Å². The van der Waals surface area contributed by atoms with E-state index in [9.17, 15) is 4.79 Å². The molecular formula is C14H16N2O2S2. The lowest BCUT2D eigenvalue weighted by molar-refractivity contribution is -0.121. The zero-order chi connectivity index (χ0) is 13.8. The summed E-state index contributed by atoms with van der Waals surface area (Å²) >= 11 is 3.25. The van der Waals surface area contributed by atoms with Crippen LogP contribution in [0.15, 0.2) is 22.9 Å². The number of nitrogens with zero attached hydrogens (tertiary/aromatic N) is 1. The first-order valence-corrected chi connectivity index (χ1v) is 8.44. The molecule has 0 spiro atoms. The number of carbonyl (C=O) groups is 1. The minimum Gasteiger partial charge on any atom is -0.376 e. The molecule has 2 aromatic heterocycles. The molecule has 1 atom stereocenters. The molecule has 3 heterocycles. The standard InChI is InChI=1S/C14H16N2O2S2/c17-13(15-8-11-3-1-5-18-11)7-10-9-20-14(16-10)12-4-2-6-19-12/h2,4,6,9,11H,1,3,5,7-8H2,(H,15,17)/t11-/m1/s1. The monoisotopic (exact) mass is 308 g/mol. The van der Waals surface area contributed by atoms with E-state index in [2.05, 4.69) is 10.3 Å². The Hall–Kier alpha value is -1.24. The zero-order valence-electron chi connectivity index (χ0n) is 11.0. The minimum absolute atomic E-state index is 0.0172. The molecule has 0 unspecified atom stereocenters. The van der Waals surface area contributed by atoms with Crippen molar-refractivity contribution in [1.82, 2.24) is 10.3 Å². The molecule has 6 heteroatoms. The van der Waals surface area contributed by atoms with Crippen molar-refractivity contribution >= 4 is 28.6 Å². The van der Waals surface area contributed by atoms with Crippen LogP contribution in [-0.2, 0) is 16.0 Å². The number of thiophene rings is 1. The second-order valence-corrected chi connectivity index (χ2v) is 6.54. The van der Waals surface area contributed by atoms with Crippen LogP contribution in [0.25, 0.3) is 9.88 Å². The van der Waals surface area contributed by atoms with Gasteiger partial charge in [-0.3, -0.25) is 4.79 Å². The fourth-order valence-electron chi connectivity index (χ4n) is 2.16. The Labute approximate surface area is 125 Å².